The van der Waals surface area contributed by atoms with Gasteiger partial charge in [0.05, 0.1) is 26.4 Å². The number of amides is 2. The molecule has 13 nitrogen and oxygen atoms in total. The lowest BCUT2D eigenvalue weighted by Crippen LogP contribution is -2.54. The van der Waals surface area contributed by atoms with Gasteiger partial charge in [-0.3, -0.25) is 13.8 Å². The summed E-state index contributed by atoms with van der Waals surface area (Å²) in [4.78, 5) is 41.5. The SMILES string of the molecule is O=C(N[C@@H](COCc1ccccc1)C(=O)N[C@@H](Cc1ccc(OP(=O)(OCc2ccccc2)OCc2ccccc2)c(OCc2ccccc2)c1)C(=O)OCc1ccccc1)OCc1ccccc1. The van der Waals surface area contributed by atoms with E-state index in [1.165, 1.54) is 0 Å². The van der Waals surface area contributed by atoms with Gasteiger partial charge in [-0.25, -0.2) is 14.2 Å². The quantitative estimate of drug-likeness (QED) is 0.0415. The van der Waals surface area contributed by atoms with Crippen LogP contribution in [0.4, 0.5) is 4.79 Å². The maximum atomic E-state index is 14.5. The highest BCUT2D eigenvalue weighted by atomic mass is 31.2. The first-order valence-electron chi connectivity index (χ1n) is 22.3. The minimum absolute atomic E-state index is 0.0392. The molecule has 2 N–H and O–H groups in total. The van der Waals surface area contributed by atoms with Crippen LogP contribution in [0.2, 0.25) is 0 Å². The molecule has 0 heterocycles. The third kappa shape index (κ3) is 16.6. The number of esters is 1. The minimum atomic E-state index is -4.35. The first-order valence-corrected chi connectivity index (χ1v) is 23.8. The number of ether oxygens (including phenoxy) is 4. The Morgan fingerprint density at radius 3 is 1.36 bits per heavy atom. The second-order valence-corrected chi connectivity index (χ2v) is 17.3. The molecule has 0 aromatic heterocycles. The maximum absolute atomic E-state index is 14.5. The molecule has 0 fully saturated rings. The summed E-state index contributed by atoms with van der Waals surface area (Å²) in [6, 6.07) is 57.6. The summed E-state index contributed by atoms with van der Waals surface area (Å²) in [5.41, 5.74) is 5.17. The first kappa shape index (κ1) is 49.4. The Morgan fingerprint density at radius 2 is 0.870 bits per heavy atom. The molecule has 14 heteroatoms. The van der Waals surface area contributed by atoms with Crippen LogP contribution in [-0.2, 0) is 83.5 Å². The van der Waals surface area contributed by atoms with Crippen LogP contribution in [0.3, 0.4) is 0 Å². The molecule has 0 saturated carbocycles. The average molecular weight is 949 g/mol. The summed E-state index contributed by atoms with van der Waals surface area (Å²) in [5, 5.41) is 5.42. The van der Waals surface area contributed by atoms with Crippen LogP contribution < -0.4 is 19.9 Å². The molecule has 2 atom stereocenters. The van der Waals surface area contributed by atoms with Gasteiger partial charge in [0, 0.05) is 6.42 Å². The number of rotatable bonds is 25. The van der Waals surface area contributed by atoms with Crippen molar-refractivity contribution in [3.8, 4) is 11.5 Å². The predicted molar refractivity (Wildman–Crippen MR) is 259 cm³/mol. The van der Waals surface area contributed by atoms with Crippen LogP contribution in [0, 0.1) is 0 Å². The molecule has 0 aliphatic heterocycles. The summed E-state index contributed by atoms with van der Waals surface area (Å²) < 4.78 is 56.1. The van der Waals surface area contributed by atoms with Crippen molar-refractivity contribution < 1.29 is 51.5 Å². The van der Waals surface area contributed by atoms with Gasteiger partial charge in [0.25, 0.3) is 0 Å². The fourth-order valence-corrected chi connectivity index (χ4v) is 7.94. The number of nitrogens with one attached hydrogen (secondary N) is 2. The molecule has 0 unspecified atom stereocenters. The standard InChI is InChI=1S/C55H53N2O11P/c58-53(50(41-62-35-42-19-7-1-8-20-42)57-55(60)65-38-45-25-13-4-14-26-45)56-49(54(59)64-37-44-23-11-3-12-24-44)33-48-31-32-51(52(34-48)63-36-43-21-9-2-10-22-43)68-69(61,66-39-46-27-15-5-16-28-46)67-40-47-29-17-6-18-30-47/h1-32,34,49-50H,33,35-41H2,(H,56,58)(H,57,60)/t49-,50-/m0/s1. The van der Waals surface area contributed by atoms with Gasteiger partial charge in [-0.1, -0.05) is 188 Å². The van der Waals surface area contributed by atoms with Crippen LogP contribution in [0.25, 0.3) is 0 Å². The molecule has 0 spiro atoms. The van der Waals surface area contributed by atoms with Crippen molar-refractivity contribution in [2.24, 2.45) is 0 Å². The van der Waals surface area contributed by atoms with Crippen LogP contribution in [0.1, 0.15) is 38.9 Å². The summed E-state index contributed by atoms with van der Waals surface area (Å²) in [6.45, 7) is -0.270. The van der Waals surface area contributed by atoms with E-state index in [1.807, 2.05) is 170 Å². The Morgan fingerprint density at radius 1 is 0.435 bits per heavy atom. The fraction of sp³-hybridized carbons (Fsp3) is 0.182. The number of carbonyl (C=O) groups is 3. The topological polar surface area (TPSA) is 157 Å². The zero-order valence-electron chi connectivity index (χ0n) is 37.8. The van der Waals surface area contributed by atoms with Crippen molar-refractivity contribution in [1.82, 2.24) is 10.6 Å². The largest absolute Gasteiger partial charge is 0.530 e. The Balaban J connectivity index is 1.15. The first-order chi connectivity index (χ1) is 33.8. The Kier molecular flexibility index (Phi) is 18.7. The van der Waals surface area contributed by atoms with Gasteiger partial charge in [0.1, 0.15) is 31.9 Å². The number of hydrogen-bond donors (Lipinski definition) is 2. The van der Waals surface area contributed by atoms with Crippen molar-refractivity contribution in [3.05, 3.63) is 239 Å². The second-order valence-electron chi connectivity index (χ2n) is 15.7. The van der Waals surface area contributed by atoms with E-state index in [2.05, 4.69) is 10.6 Å². The summed E-state index contributed by atoms with van der Waals surface area (Å²) in [6.07, 6.45) is -0.969. The molecule has 2 amide bonds. The third-order valence-corrected chi connectivity index (χ3v) is 11.7. The van der Waals surface area contributed by atoms with Crippen LogP contribution in [-0.4, -0.2) is 36.7 Å². The summed E-state index contributed by atoms with van der Waals surface area (Å²) in [7, 11) is -4.35. The monoisotopic (exact) mass is 948 g/mol. The molecule has 0 aliphatic rings. The van der Waals surface area contributed by atoms with Gasteiger partial charge >= 0.3 is 19.9 Å². The molecule has 0 saturated heterocycles. The van der Waals surface area contributed by atoms with E-state index in [-0.39, 0.29) is 64.2 Å². The number of carbonyl (C=O) groups excluding carboxylic acids is 3. The van der Waals surface area contributed by atoms with E-state index in [0.717, 1.165) is 33.4 Å². The van der Waals surface area contributed by atoms with E-state index in [1.54, 1.807) is 30.3 Å². The van der Waals surface area contributed by atoms with E-state index in [0.29, 0.717) is 5.56 Å². The molecule has 354 valence electrons. The Hall–Kier alpha value is -7.54. The van der Waals surface area contributed by atoms with E-state index < -0.39 is 37.9 Å². The number of phosphoric ester groups is 1. The molecule has 7 aromatic carbocycles. The molecular weight excluding hydrogens is 896 g/mol. The minimum Gasteiger partial charge on any atom is -0.485 e. The molecule has 69 heavy (non-hydrogen) atoms. The maximum Gasteiger partial charge on any atom is 0.530 e. The van der Waals surface area contributed by atoms with Gasteiger partial charge in [0.15, 0.2) is 11.5 Å². The normalized spacial score (nSPS) is 11.9. The molecule has 0 aliphatic carbocycles. The van der Waals surface area contributed by atoms with Gasteiger partial charge in [-0.2, -0.15) is 0 Å². The number of hydrogen-bond acceptors (Lipinski definition) is 11. The summed E-state index contributed by atoms with van der Waals surface area (Å²) >= 11 is 0. The molecular formula is C55H53N2O11P. The van der Waals surface area contributed by atoms with E-state index >= 15 is 0 Å². The lowest BCUT2D eigenvalue weighted by Gasteiger charge is -2.24. The highest BCUT2D eigenvalue weighted by Gasteiger charge is 2.32. The molecule has 0 bridgehead atoms. The predicted octanol–water partition coefficient (Wildman–Crippen LogP) is 10.5. The summed E-state index contributed by atoms with van der Waals surface area (Å²) in [5.74, 6) is -1.28. The van der Waals surface area contributed by atoms with Gasteiger partial charge in [-0.15, -0.1) is 0 Å². The second kappa shape index (κ2) is 26.1. The van der Waals surface area contributed by atoms with E-state index in [9.17, 15) is 18.9 Å². The average Bonchev–Trinajstić information content (AvgIpc) is 3.39. The third-order valence-electron chi connectivity index (χ3n) is 10.4. The molecule has 7 aromatic rings. The lowest BCUT2D eigenvalue weighted by molar-refractivity contribution is -0.149. The number of benzene rings is 7. The molecule has 0 radical (unpaired) electrons. The van der Waals surface area contributed by atoms with Crippen LogP contribution in [0.5, 0.6) is 11.5 Å². The highest BCUT2D eigenvalue weighted by Crippen LogP contribution is 2.53. The molecule has 7 rings (SSSR count). The van der Waals surface area contributed by atoms with E-state index in [4.69, 9.17) is 32.5 Å². The fourth-order valence-electron chi connectivity index (χ4n) is 6.76. The van der Waals surface area contributed by atoms with Crippen molar-refractivity contribution in [3.63, 3.8) is 0 Å². The van der Waals surface area contributed by atoms with Crippen LogP contribution in [0.15, 0.2) is 200 Å². The van der Waals surface area contributed by atoms with Gasteiger partial charge in [-0.05, 0) is 51.1 Å². The zero-order valence-corrected chi connectivity index (χ0v) is 38.7. The number of phosphoric acid groups is 1. The van der Waals surface area contributed by atoms with Crippen molar-refractivity contribution in [2.75, 3.05) is 6.61 Å². The number of alkyl carbamates (subject to hydrolysis) is 1. The Bertz CT molecular complexity index is 2650. The highest BCUT2D eigenvalue weighted by molar-refractivity contribution is 7.48. The van der Waals surface area contributed by atoms with Crippen molar-refractivity contribution in [1.29, 1.82) is 0 Å². The zero-order chi connectivity index (χ0) is 47.9. The van der Waals surface area contributed by atoms with Crippen molar-refractivity contribution in [2.45, 2.75) is 58.1 Å². The van der Waals surface area contributed by atoms with Gasteiger partial charge < -0.3 is 34.1 Å². The Labute approximate surface area is 401 Å². The van der Waals surface area contributed by atoms with Crippen LogP contribution >= 0.6 is 7.82 Å². The lowest BCUT2D eigenvalue weighted by atomic mass is 10.0. The smallest absolute Gasteiger partial charge is 0.485 e. The van der Waals surface area contributed by atoms with Crippen molar-refractivity contribution >= 4 is 25.8 Å². The van der Waals surface area contributed by atoms with Gasteiger partial charge in [0.2, 0.25) is 5.91 Å².